The first-order chi connectivity index (χ1) is 6.96. The number of methoxy groups -OCH3 is 1. The molecular weight excluding hydrogens is 216 g/mol. The van der Waals surface area contributed by atoms with Crippen molar-refractivity contribution in [3.8, 4) is 5.75 Å². The maximum atomic E-state index is 11.1. The summed E-state index contributed by atoms with van der Waals surface area (Å²) in [7, 11) is -1.67. The monoisotopic (exact) mass is 228 g/mol. The first-order valence-corrected chi connectivity index (χ1v) is 6.32. The number of carbonyl (C=O) groups excluding carboxylic acids is 1. The number of hydrogen-bond donors (Lipinski definition) is 0. The predicted molar refractivity (Wildman–Crippen MR) is 56.9 cm³/mol. The van der Waals surface area contributed by atoms with Crippen molar-refractivity contribution in [3.63, 3.8) is 0 Å². The molecule has 4 nitrogen and oxygen atoms in total. The van der Waals surface area contributed by atoms with Crippen LogP contribution in [-0.2, 0) is 15.6 Å². The van der Waals surface area contributed by atoms with Gasteiger partial charge in [-0.15, -0.1) is 0 Å². The first kappa shape index (κ1) is 11.7. The topological polar surface area (TPSA) is 60.4 Å². The Kier molecular flexibility index (Phi) is 3.47. The van der Waals surface area contributed by atoms with E-state index in [2.05, 4.69) is 0 Å². The summed E-state index contributed by atoms with van der Waals surface area (Å²) in [6.07, 6.45) is 1.81. The van der Waals surface area contributed by atoms with Gasteiger partial charge in [-0.1, -0.05) is 0 Å². The van der Waals surface area contributed by atoms with Gasteiger partial charge in [-0.25, -0.2) is 8.42 Å². The van der Waals surface area contributed by atoms with Crippen LogP contribution >= 0.6 is 0 Å². The molecular formula is C10H12O4S. The van der Waals surface area contributed by atoms with Crippen molar-refractivity contribution in [2.45, 2.75) is 5.75 Å². The molecule has 1 aromatic carbocycles. The third-order valence-corrected chi connectivity index (χ3v) is 2.69. The summed E-state index contributed by atoms with van der Waals surface area (Å²) in [6.45, 7) is 0. The molecule has 0 spiro atoms. The van der Waals surface area contributed by atoms with Gasteiger partial charge in [0.05, 0.1) is 12.9 Å². The van der Waals surface area contributed by atoms with Crippen molar-refractivity contribution in [2.75, 3.05) is 13.4 Å². The van der Waals surface area contributed by atoms with Gasteiger partial charge in [-0.3, -0.25) is 4.79 Å². The molecule has 0 aromatic heterocycles. The first-order valence-electron chi connectivity index (χ1n) is 4.26. The molecule has 5 heteroatoms. The summed E-state index contributed by atoms with van der Waals surface area (Å²) >= 11 is 0. The molecule has 0 N–H and O–H groups in total. The lowest BCUT2D eigenvalue weighted by Crippen LogP contribution is -2.03. The van der Waals surface area contributed by atoms with E-state index in [0.717, 1.165) is 6.26 Å². The number of sulfone groups is 1. The third-order valence-electron chi connectivity index (χ3n) is 1.86. The van der Waals surface area contributed by atoms with E-state index in [4.69, 9.17) is 4.74 Å². The summed E-state index contributed by atoms with van der Waals surface area (Å²) in [5.41, 5.74) is 0.944. The van der Waals surface area contributed by atoms with E-state index in [1.54, 1.807) is 12.1 Å². The van der Waals surface area contributed by atoms with Crippen molar-refractivity contribution < 1.29 is 17.9 Å². The lowest BCUT2D eigenvalue weighted by Gasteiger charge is -2.07. The van der Waals surface area contributed by atoms with Crippen molar-refractivity contribution in [2.24, 2.45) is 0 Å². The number of carbonyl (C=O) groups is 1. The van der Waals surface area contributed by atoms with Crippen LogP contribution in [-0.4, -0.2) is 28.1 Å². The number of aldehydes is 1. The fraction of sp³-hybridized carbons (Fsp3) is 0.300. The highest BCUT2D eigenvalue weighted by atomic mass is 32.2. The highest BCUT2D eigenvalue weighted by Gasteiger charge is 2.10. The van der Waals surface area contributed by atoms with Gasteiger partial charge < -0.3 is 4.74 Å². The van der Waals surface area contributed by atoms with Crippen LogP contribution in [0.5, 0.6) is 5.75 Å². The predicted octanol–water partition coefficient (Wildman–Crippen LogP) is 1.05. The molecule has 0 saturated carbocycles. The lowest BCUT2D eigenvalue weighted by molar-refractivity contribution is 0.112. The minimum absolute atomic E-state index is 0.127. The summed E-state index contributed by atoms with van der Waals surface area (Å²) in [4.78, 5) is 10.5. The Morgan fingerprint density at radius 2 is 2.07 bits per heavy atom. The average Bonchev–Trinajstić information content (AvgIpc) is 2.15. The molecule has 0 unspecified atom stereocenters. The van der Waals surface area contributed by atoms with Crippen LogP contribution in [0, 0.1) is 0 Å². The average molecular weight is 228 g/mol. The number of hydrogen-bond acceptors (Lipinski definition) is 4. The molecule has 0 fully saturated rings. The molecule has 1 rings (SSSR count). The molecule has 0 aliphatic carbocycles. The molecule has 0 saturated heterocycles. The zero-order valence-electron chi connectivity index (χ0n) is 8.56. The van der Waals surface area contributed by atoms with Gasteiger partial charge >= 0.3 is 0 Å². The maximum Gasteiger partial charge on any atom is 0.151 e. The van der Waals surface area contributed by atoms with Crippen molar-refractivity contribution >= 4 is 16.1 Å². The molecule has 82 valence electrons. The Labute approximate surface area is 88.8 Å². The Morgan fingerprint density at radius 3 is 2.53 bits per heavy atom. The van der Waals surface area contributed by atoms with Gasteiger partial charge in [0.25, 0.3) is 0 Å². The second-order valence-electron chi connectivity index (χ2n) is 3.26. The third kappa shape index (κ3) is 3.36. The zero-order chi connectivity index (χ0) is 11.5. The molecule has 0 heterocycles. The van der Waals surface area contributed by atoms with E-state index in [-0.39, 0.29) is 5.75 Å². The normalized spacial score (nSPS) is 11.1. The summed E-state index contributed by atoms with van der Waals surface area (Å²) < 4.78 is 27.3. The van der Waals surface area contributed by atoms with E-state index < -0.39 is 9.84 Å². The molecule has 0 amide bonds. The van der Waals surface area contributed by atoms with Gasteiger partial charge in [0.15, 0.2) is 9.84 Å². The standard InChI is InChI=1S/C10H12O4S/c1-14-10-4-3-8(6-11)5-9(10)7-15(2,12)13/h3-6H,7H2,1-2H3. The Hall–Kier alpha value is -1.36. The minimum Gasteiger partial charge on any atom is -0.496 e. The van der Waals surface area contributed by atoms with Crippen molar-refractivity contribution in [1.29, 1.82) is 0 Å². The van der Waals surface area contributed by atoms with Crippen LogP contribution in [0.3, 0.4) is 0 Å². The van der Waals surface area contributed by atoms with Crippen LogP contribution in [0.2, 0.25) is 0 Å². The fourth-order valence-electron chi connectivity index (χ4n) is 1.27. The smallest absolute Gasteiger partial charge is 0.151 e. The van der Waals surface area contributed by atoms with Gasteiger partial charge in [-0.2, -0.15) is 0 Å². The van der Waals surface area contributed by atoms with Crippen LogP contribution in [0.1, 0.15) is 15.9 Å². The van der Waals surface area contributed by atoms with E-state index in [1.165, 1.54) is 13.2 Å². The number of benzene rings is 1. The largest absolute Gasteiger partial charge is 0.496 e. The maximum absolute atomic E-state index is 11.1. The van der Waals surface area contributed by atoms with Gasteiger partial charge in [0, 0.05) is 17.4 Å². The van der Waals surface area contributed by atoms with Crippen LogP contribution in [0.25, 0.3) is 0 Å². The molecule has 0 atom stereocenters. The lowest BCUT2D eigenvalue weighted by atomic mass is 10.1. The Bertz CT molecular complexity index is 462. The van der Waals surface area contributed by atoms with E-state index in [0.29, 0.717) is 23.2 Å². The Balaban J connectivity index is 3.17. The molecule has 0 aliphatic rings. The van der Waals surface area contributed by atoms with E-state index in [1.807, 2.05) is 0 Å². The molecule has 0 bridgehead atoms. The SMILES string of the molecule is COc1ccc(C=O)cc1CS(C)(=O)=O. The Morgan fingerprint density at radius 1 is 1.40 bits per heavy atom. The summed E-state index contributed by atoms with van der Waals surface area (Å²) in [6, 6.07) is 4.69. The second kappa shape index (κ2) is 4.44. The van der Waals surface area contributed by atoms with Gasteiger partial charge in [0.2, 0.25) is 0 Å². The van der Waals surface area contributed by atoms with Crippen molar-refractivity contribution in [1.82, 2.24) is 0 Å². The van der Waals surface area contributed by atoms with Gasteiger partial charge in [0.1, 0.15) is 12.0 Å². The fourth-order valence-corrected chi connectivity index (χ4v) is 2.06. The van der Waals surface area contributed by atoms with Crippen LogP contribution in [0.4, 0.5) is 0 Å². The molecule has 15 heavy (non-hydrogen) atoms. The summed E-state index contributed by atoms with van der Waals surface area (Å²) in [5, 5.41) is 0. The molecule has 0 aliphatic heterocycles. The van der Waals surface area contributed by atoms with E-state index in [9.17, 15) is 13.2 Å². The summed E-state index contributed by atoms with van der Waals surface area (Å²) in [5.74, 6) is 0.351. The highest BCUT2D eigenvalue weighted by Crippen LogP contribution is 2.21. The van der Waals surface area contributed by atoms with Gasteiger partial charge in [-0.05, 0) is 18.2 Å². The quantitative estimate of drug-likeness (QED) is 0.723. The zero-order valence-corrected chi connectivity index (χ0v) is 9.37. The van der Waals surface area contributed by atoms with Crippen molar-refractivity contribution in [3.05, 3.63) is 29.3 Å². The highest BCUT2D eigenvalue weighted by molar-refractivity contribution is 7.89. The van der Waals surface area contributed by atoms with E-state index >= 15 is 0 Å². The minimum atomic E-state index is -3.13. The number of rotatable bonds is 4. The van der Waals surface area contributed by atoms with Crippen LogP contribution < -0.4 is 4.74 Å². The van der Waals surface area contributed by atoms with Crippen LogP contribution in [0.15, 0.2) is 18.2 Å². The second-order valence-corrected chi connectivity index (χ2v) is 5.40. The molecule has 0 radical (unpaired) electrons. The number of ether oxygens (including phenoxy) is 1. The molecule has 1 aromatic rings.